The Kier molecular flexibility index (Phi) is 5.61. The Hall–Kier alpha value is -0.150. The van der Waals surface area contributed by atoms with Crippen LogP contribution in [-0.4, -0.2) is 11.8 Å². The van der Waals surface area contributed by atoms with Crippen molar-refractivity contribution in [2.24, 2.45) is 0 Å². The number of rotatable bonds is 4. The summed E-state index contributed by atoms with van der Waals surface area (Å²) in [6.45, 7) is 1.11. The molecule has 0 nitrogen and oxygen atoms in total. The molecule has 17 heavy (non-hydrogen) atoms. The minimum atomic E-state index is -6.19. The Labute approximate surface area is 96.7 Å². The van der Waals surface area contributed by atoms with Crippen LogP contribution in [0.25, 0.3) is 0 Å². The molecule has 0 fully saturated rings. The summed E-state index contributed by atoms with van der Waals surface area (Å²) in [4.78, 5) is 0. The number of hydrogen-bond donors (Lipinski definition) is 0. The maximum absolute atomic E-state index is 13.1. The van der Waals surface area contributed by atoms with E-state index in [0.717, 1.165) is 6.92 Å². The fraction of sp³-hybridized carbons (Fsp3) is 0.500. The molecule has 0 bridgehead atoms. The largest absolute Gasteiger partial charge is 0.474 e. The van der Waals surface area contributed by atoms with E-state index in [1.807, 2.05) is 0 Å². The standard InChI is InChI=1S/C8H10F7P2/c1-4(9)6(16)3-17(14,15)8(12,13)7(11)5(2)10/h3,16H2,1-2H3/q+1/b6-4-,7-5+. The minimum Gasteiger partial charge on any atom is -0.212 e. The van der Waals surface area contributed by atoms with Crippen LogP contribution in [-0.2, 0) is 0 Å². The summed E-state index contributed by atoms with van der Waals surface area (Å²) in [6, 6.07) is 0. The van der Waals surface area contributed by atoms with Gasteiger partial charge >= 0.3 is 13.5 Å². The van der Waals surface area contributed by atoms with Gasteiger partial charge in [-0.2, -0.15) is 13.2 Å². The summed E-state index contributed by atoms with van der Waals surface area (Å²) in [5.74, 6) is -5.89. The van der Waals surface area contributed by atoms with E-state index >= 15 is 0 Å². The second kappa shape index (κ2) is 5.66. The van der Waals surface area contributed by atoms with Gasteiger partial charge < -0.3 is 0 Å². The Morgan fingerprint density at radius 3 is 1.76 bits per heavy atom. The van der Waals surface area contributed by atoms with Gasteiger partial charge in [0.25, 0.3) is 0 Å². The van der Waals surface area contributed by atoms with Gasteiger partial charge in [0.05, 0.1) is 0 Å². The van der Waals surface area contributed by atoms with Gasteiger partial charge in [0, 0.05) is 5.31 Å². The molecule has 0 saturated carbocycles. The molecule has 0 aromatic rings. The second-order valence-corrected chi connectivity index (χ2v) is 6.07. The lowest BCUT2D eigenvalue weighted by atomic mass is 10.5. The first-order chi connectivity index (χ1) is 7.43. The van der Waals surface area contributed by atoms with Gasteiger partial charge in [-0.3, -0.25) is 0 Å². The first kappa shape index (κ1) is 16.9. The average Bonchev–Trinajstić information content (AvgIpc) is 2.14. The van der Waals surface area contributed by atoms with Crippen molar-refractivity contribution in [3.05, 3.63) is 22.8 Å². The maximum Gasteiger partial charge on any atom is 0.474 e. The Morgan fingerprint density at radius 1 is 1.06 bits per heavy atom. The Morgan fingerprint density at radius 2 is 1.47 bits per heavy atom. The van der Waals surface area contributed by atoms with Crippen LogP contribution in [0.15, 0.2) is 22.8 Å². The van der Waals surface area contributed by atoms with E-state index < -0.39 is 42.5 Å². The van der Waals surface area contributed by atoms with Gasteiger partial charge in [-0.05, 0) is 22.2 Å². The molecule has 1 atom stereocenters. The number of alkyl halides is 2. The molecule has 0 aliphatic carbocycles. The van der Waals surface area contributed by atoms with E-state index in [1.54, 1.807) is 0 Å². The fourth-order valence-electron chi connectivity index (χ4n) is 0.773. The van der Waals surface area contributed by atoms with E-state index in [9.17, 15) is 30.3 Å². The molecule has 0 heterocycles. The zero-order valence-corrected chi connectivity index (χ0v) is 10.9. The van der Waals surface area contributed by atoms with Gasteiger partial charge in [-0.25, -0.2) is 8.78 Å². The molecule has 0 aromatic carbocycles. The lowest BCUT2D eigenvalue weighted by Crippen LogP contribution is -2.20. The van der Waals surface area contributed by atoms with Crippen molar-refractivity contribution in [1.29, 1.82) is 0 Å². The fourth-order valence-corrected chi connectivity index (χ4v) is 2.75. The van der Waals surface area contributed by atoms with Crippen LogP contribution in [0, 0.1) is 0 Å². The molecule has 0 N–H and O–H groups in total. The van der Waals surface area contributed by atoms with Crippen molar-refractivity contribution >= 4 is 17.1 Å². The van der Waals surface area contributed by atoms with E-state index in [1.165, 1.54) is 9.24 Å². The highest BCUT2D eigenvalue weighted by Gasteiger charge is 2.71. The highest BCUT2D eigenvalue weighted by Crippen LogP contribution is 2.77. The van der Waals surface area contributed by atoms with Crippen molar-refractivity contribution < 1.29 is 30.3 Å². The number of halogens is 7. The SMILES string of the molecule is C/C(F)=C(/P)C[P+](F)(F)C(F)(F)/C(F)=C(/C)F. The first-order valence-electron chi connectivity index (χ1n) is 4.22. The monoisotopic (exact) mass is 301 g/mol. The molecule has 0 spiro atoms. The summed E-state index contributed by atoms with van der Waals surface area (Å²) in [7, 11) is -4.65. The van der Waals surface area contributed by atoms with Crippen LogP contribution >= 0.6 is 17.1 Å². The van der Waals surface area contributed by atoms with Crippen LogP contribution in [0.1, 0.15) is 13.8 Å². The van der Waals surface area contributed by atoms with Crippen LogP contribution < -0.4 is 0 Å². The normalized spacial score (nSPS) is 16.6. The summed E-state index contributed by atoms with van der Waals surface area (Å²) in [6.07, 6.45) is -1.62. The zero-order valence-electron chi connectivity index (χ0n) is 8.88. The van der Waals surface area contributed by atoms with Crippen LogP contribution in [0.3, 0.4) is 0 Å². The quantitative estimate of drug-likeness (QED) is 0.467. The van der Waals surface area contributed by atoms with Gasteiger partial charge in [0.2, 0.25) is 5.83 Å². The van der Waals surface area contributed by atoms with E-state index in [2.05, 4.69) is 0 Å². The molecule has 9 heteroatoms. The third-order valence-corrected chi connectivity index (χ3v) is 4.49. The third kappa shape index (κ3) is 3.92. The first-order valence-corrected chi connectivity index (χ1v) is 6.55. The van der Waals surface area contributed by atoms with Crippen molar-refractivity contribution in [2.45, 2.75) is 19.5 Å². The highest BCUT2D eigenvalue weighted by atomic mass is 31.2. The lowest BCUT2D eigenvalue weighted by Gasteiger charge is -2.15. The van der Waals surface area contributed by atoms with Gasteiger partial charge in [-0.1, -0.05) is 0 Å². The van der Waals surface area contributed by atoms with Crippen molar-refractivity contribution in [2.75, 3.05) is 6.16 Å². The van der Waals surface area contributed by atoms with Crippen molar-refractivity contribution in [1.82, 2.24) is 0 Å². The average molecular weight is 301 g/mol. The van der Waals surface area contributed by atoms with Crippen LogP contribution in [0.2, 0.25) is 0 Å². The molecule has 0 rings (SSSR count). The molecule has 0 saturated heterocycles. The lowest BCUT2D eigenvalue weighted by molar-refractivity contribution is 0.0895. The molecule has 0 amide bonds. The van der Waals surface area contributed by atoms with Crippen molar-refractivity contribution in [3.63, 3.8) is 0 Å². The zero-order chi connectivity index (χ0) is 14.0. The van der Waals surface area contributed by atoms with Gasteiger partial charge in [0.1, 0.15) is 11.7 Å². The number of allylic oxidation sites excluding steroid dienone is 4. The molecule has 100 valence electrons. The summed E-state index contributed by atoms with van der Waals surface area (Å²) in [5.41, 5.74) is -5.21. The van der Waals surface area contributed by atoms with Crippen LogP contribution in [0.5, 0.6) is 0 Å². The minimum absolute atomic E-state index is 0.307. The predicted octanol–water partition coefficient (Wildman–Crippen LogP) is 5.61. The summed E-state index contributed by atoms with van der Waals surface area (Å²) >= 11 is 0. The van der Waals surface area contributed by atoms with Gasteiger partial charge in [-0.15, -0.1) is 9.24 Å². The second-order valence-electron chi connectivity index (χ2n) is 3.24. The van der Waals surface area contributed by atoms with Crippen molar-refractivity contribution in [3.8, 4) is 0 Å². The molecule has 0 aromatic heterocycles. The Bertz CT molecular complexity index is 351. The van der Waals surface area contributed by atoms with Crippen LogP contribution in [0.4, 0.5) is 30.3 Å². The molecule has 0 aliphatic rings. The molecule has 1 unspecified atom stereocenters. The molecule has 0 radical (unpaired) electrons. The molecular weight excluding hydrogens is 291 g/mol. The van der Waals surface area contributed by atoms with E-state index in [-0.39, 0.29) is 0 Å². The smallest absolute Gasteiger partial charge is 0.212 e. The third-order valence-electron chi connectivity index (χ3n) is 1.79. The molecule has 0 aliphatic heterocycles. The maximum atomic E-state index is 13.1. The molecular formula is C8H10F7P2+. The number of hydrogen-bond acceptors (Lipinski definition) is 0. The van der Waals surface area contributed by atoms with Gasteiger partial charge in [0.15, 0.2) is 6.16 Å². The van der Waals surface area contributed by atoms with E-state index in [4.69, 9.17) is 0 Å². The summed E-state index contributed by atoms with van der Waals surface area (Å²) < 4.78 is 89.5. The summed E-state index contributed by atoms with van der Waals surface area (Å²) in [5, 5.41) is -0.688. The Balaban J connectivity index is 5.33. The topological polar surface area (TPSA) is 0 Å². The predicted molar refractivity (Wildman–Crippen MR) is 57.4 cm³/mol. The highest BCUT2D eigenvalue weighted by molar-refractivity contribution is 7.67. The van der Waals surface area contributed by atoms with E-state index in [0.29, 0.717) is 6.92 Å².